The van der Waals surface area contributed by atoms with Crippen LogP contribution in [0, 0.1) is 13.8 Å². The summed E-state index contributed by atoms with van der Waals surface area (Å²) >= 11 is 1.40. The molecular formula is C27H25N7O5S. The molecule has 6 rings (SSSR count). The summed E-state index contributed by atoms with van der Waals surface area (Å²) in [6, 6.07) is 18.2. The number of fused-ring (bicyclic) bond motifs is 2. The molecule has 4 heterocycles. The number of nitrogens with one attached hydrogen (secondary N) is 1. The standard InChI is InChI=1S/C27H25N7O5S/c1-16-14-17(2)33(30-16)15-21(35)28-29-27-32(24-23(40-27)22(39-31-24)18-8-4-3-5-9-18)12-13-38-34-25(36)19-10-6-7-11-20(19)26(34)37/h3-11,14,22-23H,12-13,15H2,1-2H3,(H,28,35)/b29-27-. The van der Waals surface area contributed by atoms with E-state index in [1.165, 1.54) is 11.8 Å². The van der Waals surface area contributed by atoms with Crippen LogP contribution in [0.3, 0.4) is 0 Å². The van der Waals surface area contributed by atoms with Crippen molar-refractivity contribution in [3.05, 3.63) is 88.7 Å². The Hall–Kier alpha value is -4.49. The van der Waals surface area contributed by atoms with Gasteiger partial charge in [0, 0.05) is 5.69 Å². The number of rotatable bonds is 8. The molecule has 1 saturated heterocycles. The second-order valence-corrected chi connectivity index (χ2v) is 10.5. The van der Waals surface area contributed by atoms with Crippen LogP contribution in [0.4, 0.5) is 0 Å². The van der Waals surface area contributed by atoms with Crippen LogP contribution in [0.25, 0.3) is 0 Å². The van der Waals surface area contributed by atoms with Gasteiger partial charge in [-0.25, -0.2) is 5.43 Å². The van der Waals surface area contributed by atoms with Crippen LogP contribution in [0.1, 0.15) is 43.8 Å². The molecule has 0 bridgehead atoms. The lowest BCUT2D eigenvalue weighted by Gasteiger charge is -2.19. The summed E-state index contributed by atoms with van der Waals surface area (Å²) in [7, 11) is 0. The number of hydroxylamine groups is 2. The minimum atomic E-state index is -0.509. The number of aromatic nitrogens is 2. The quantitative estimate of drug-likeness (QED) is 0.329. The number of amides is 3. The molecule has 40 heavy (non-hydrogen) atoms. The second kappa shape index (κ2) is 10.6. The lowest BCUT2D eigenvalue weighted by atomic mass is 10.1. The van der Waals surface area contributed by atoms with E-state index < -0.39 is 11.8 Å². The third kappa shape index (κ3) is 4.73. The topological polar surface area (TPSA) is 131 Å². The highest BCUT2D eigenvalue weighted by molar-refractivity contribution is 8.15. The van der Waals surface area contributed by atoms with Crippen LogP contribution >= 0.6 is 11.8 Å². The number of hydrogen-bond donors (Lipinski definition) is 1. The molecule has 0 saturated carbocycles. The van der Waals surface area contributed by atoms with Crippen LogP contribution < -0.4 is 5.43 Å². The number of nitrogens with zero attached hydrogens (tertiary/aromatic N) is 6. The number of hydrogen-bond acceptors (Lipinski definition) is 9. The summed E-state index contributed by atoms with van der Waals surface area (Å²) in [4.78, 5) is 51.2. The van der Waals surface area contributed by atoms with Gasteiger partial charge in [-0.2, -0.15) is 5.10 Å². The molecular weight excluding hydrogens is 534 g/mol. The van der Waals surface area contributed by atoms with Gasteiger partial charge in [0.05, 0.1) is 30.0 Å². The first-order valence-electron chi connectivity index (χ1n) is 12.6. The van der Waals surface area contributed by atoms with Gasteiger partial charge < -0.3 is 9.74 Å². The van der Waals surface area contributed by atoms with Crippen LogP contribution in [0.2, 0.25) is 0 Å². The minimum Gasteiger partial charge on any atom is -0.384 e. The maximum Gasteiger partial charge on any atom is 0.285 e. The summed E-state index contributed by atoms with van der Waals surface area (Å²) in [5, 5.41) is 14.1. The van der Waals surface area contributed by atoms with Crippen LogP contribution in [-0.4, -0.2) is 66.9 Å². The van der Waals surface area contributed by atoms with E-state index in [4.69, 9.17) is 9.68 Å². The predicted molar refractivity (Wildman–Crippen MR) is 146 cm³/mol. The van der Waals surface area contributed by atoms with E-state index in [-0.39, 0.29) is 37.0 Å². The smallest absolute Gasteiger partial charge is 0.285 e. The fraction of sp³-hybridized carbons (Fsp3) is 0.259. The Bertz CT molecular complexity index is 1520. The van der Waals surface area contributed by atoms with Crippen molar-refractivity contribution in [1.29, 1.82) is 0 Å². The number of imide groups is 1. The first-order valence-corrected chi connectivity index (χ1v) is 13.5. The average molecular weight is 560 g/mol. The van der Waals surface area contributed by atoms with Gasteiger partial charge in [-0.05, 0) is 37.6 Å². The number of benzene rings is 2. The number of carbonyl (C=O) groups excluding carboxylic acids is 3. The highest BCUT2D eigenvalue weighted by Gasteiger charge is 2.47. The lowest BCUT2D eigenvalue weighted by Crippen LogP contribution is -2.38. The van der Waals surface area contributed by atoms with Crippen molar-refractivity contribution >= 4 is 40.5 Å². The molecule has 1 aromatic heterocycles. The largest absolute Gasteiger partial charge is 0.384 e. The Morgan fingerprint density at radius 1 is 1.07 bits per heavy atom. The molecule has 3 amide bonds. The van der Waals surface area contributed by atoms with Gasteiger partial charge in [-0.1, -0.05) is 59.4 Å². The number of aryl methyl sites for hydroxylation is 2. The molecule has 0 radical (unpaired) electrons. The SMILES string of the molecule is Cc1cc(C)n(CC(=O)N/N=C2\SC3C(=NOC3c3ccccc3)N2CCON2C(=O)c3ccccc3C2=O)n1. The number of carbonyl (C=O) groups is 3. The molecule has 1 fully saturated rings. The van der Waals surface area contributed by atoms with Gasteiger partial charge >= 0.3 is 0 Å². The average Bonchev–Trinajstić information content (AvgIpc) is 3.67. The van der Waals surface area contributed by atoms with E-state index in [0.717, 1.165) is 22.0 Å². The van der Waals surface area contributed by atoms with E-state index in [9.17, 15) is 14.4 Å². The molecule has 1 N–H and O–H groups in total. The lowest BCUT2D eigenvalue weighted by molar-refractivity contribution is -0.121. The minimum absolute atomic E-state index is 0.0180. The zero-order chi connectivity index (χ0) is 27.8. The molecule has 0 spiro atoms. The highest BCUT2D eigenvalue weighted by atomic mass is 32.2. The molecule has 3 aliphatic rings. The summed E-state index contributed by atoms with van der Waals surface area (Å²) in [6.07, 6.45) is -0.348. The maximum absolute atomic E-state index is 12.7. The van der Waals surface area contributed by atoms with Gasteiger partial charge in [0.1, 0.15) is 11.8 Å². The normalized spacial score (nSPS) is 20.6. The Kier molecular flexibility index (Phi) is 6.82. The molecule has 3 aliphatic heterocycles. The van der Waals surface area contributed by atoms with Crippen molar-refractivity contribution in [3.8, 4) is 0 Å². The van der Waals surface area contributed by atoms with Crippen molar-refractivity contribution in [3.63, 3.8) is 0 Å². The van der Waals surface area contributed by atoms with Gasteiger partial charge in [0.25, 0.3) is 17.7 Å². The monoisotopic (exact) mass is 559 g/mol. The van der Waals surface area contributed by atoms with E-state index in [1.54, 1.807) is 33.8 Å². The molecule has 3 aromatic rings. The van der Waals surface area contributed by atoms with Gasteiger partial charge in [0.15, 0.2) is 17.1 Å². The first kappa shape index (κ1) is 25.8. The van der Waals surface area contributed by atoms with E-state index in [1.807, 2.05) is 50.2 Å². The molecule has 2 atom stereocenters. The molecule has 0 aliphatic carbocycles. The van der Waals surface area contributed by atoms with Crippen LogP contribution in [0.5, 0.6) is 0 Å². The summed E-state index contributed by atoms with van der Waals surface area (Å²) in [5.41, 5.74) is 5.86. The fourth-order valence-electron chi connectivity index (χ4n) is 4.75. The summed E-state index contributed by atoms with van der Waals surface area (Å²) < 4.78 is 1.61. The van der Waals surface area contributed by atoms with Crippen molar-refractivity contribution in [2.24, 2.45) is 10.3 Å². The zero-order valence-corrected chi connectivity index (χ0v) is 22.5. The molecule has 2 aromatic carbocycles. The highest BCUT2D eigenvalue weighted by Crippen LogP contribution is 2.42. The summed E-state index contributed by atoms with van der Waals surface area (Å²) in [5.74, 6) is -0.747. The van der Waals surface area contributed by atoms with Crippen molar-refractivity contribution < 1.29 is 24.1 Å². The van der Waals surface area contributed by atoms with E-state index >= 15 is 0 Å². The van der Waals surface area contributed by atoms with Crippen molar-refractivity contribution in [2.45, 2.75) is 31.7 Å². The maximum atomic E-state index is 12.7. The Morgan fingerprint density at radius 2 is 1.77 bits per heavy atom. The van der Waals surface area contributed by atoms with E-state index in [2.05, 4.69) is 20.8 Å². The van der Waals surface area contributed by atoms with Crippen molar-refractivity contribution in [1.82, 2.24) is 25.2 Å². The van der Waals surface area contributed by atoms with Crippen LogP contribution in [-0.2, 0) is 21.0 Å². The molecule has 13 heteroatoms. The Labute approximate surface area is 233 Å². The Morgan fingerprint density at radius 3 is 2.45 bits per heavy atom. The Balaban J connectivity index is 1.17. The third-order valence-corrected chi connectivity index (χ3v) is 7.86. The predicted octanol–water partition coefficient (Wildman–Crippen LogP) is 2.62. The van der Waals surface area contributed by atoms with Crippen LogP contribution in [0.15, 0.2) is 70.9 Å². The molecule has 204 valence electrons. The van der Waals surface area contributed by atoms with E-state index in [0.29, 0.717) is 22.1 Å². The number of hydrazone groups is 1. The first-order chi connectivity index (χ1) is 19.4. The third-order valence-electron chi connectivity index (χ3n) is 6.62. The zero-order valence-electron chi connectivity index (χ0n) is 21.7. The second-order valence-electron chi connectivity index (χ2n) is 9.37. The van der Waals surface area contributed by atoms with Gasteiger partial charge in [-0.3, -0.25) is 23.9 Å². The number of oxime groups is 1. The van der Waals surface area contributed by atoms with Gasteiger partial charge in [0.2, 0.25) is 0 Å². The van der Waals surface area contributed by atoms with Gasteiger partial charge in [-0.15, -0.1) is 10.2 Å². The number of amidine groups is 2. The number of thioether (sulfide) groups is 1. The molecule has 12 nitrogen and oxygen atoms in total. The molecule has 2 unspecified atom stereocenters. The van der Waals surface area contributed by atoms with Crippen molar-refractivity contribution in [2.75, 3.05) is 13.2 Å². The fourth-order valence-corrected chi connectivity index (χ4v) is 5.99. The summed E-state index contributed by atoms with van der Waals surface area (Å²) in [6.45, 7) is 3.94.